The van der Waals surface area contributed by atoms with Crippen molar-refractivity contribution in [2.45, 2.75) is 39.0 Å². The van der Waals surface area contributed by atoms with E-state index in [-0.39, 0.29) is 0 Å². The van der Waals surface area contributed by atoms with Crippen LogP contribution in [-0.4, -0.2) is 11.3 Å². The largest absolute Gasteiger partial charge is 0.506 e. The molecule has 0 atom stereocenters. The summed E-state index contributed by atoms with van der Waals surface area (Å²) in [6.07, 6.45) is 13.6. The molecule has 2 nitrogen and oxygen atoms in total. The van der Waals surface area contributed by atoms with Crippen LogP contribution in [0.15, 0.2) is 59.7 Å². The SMILES string of the molecule is C1=Cc2ccccc2CC=N1.CC1=c2ccc3c(c2CCC1)CC=c1c(O)c(I)ccc1=3. The molecule has 0 spiro atoms. The van der Waals surface area contributed by atoms with Crippen molar-refractivity contribution in [1.29, 1.82) is 0 Å². The average Bonchev–Trinajstić information content (AvgIpc) is 3.07. The monoisotopic (exact) mass is 531 g/mol. The van der Waals surface area contributed by atoms with Crippen molar-refractivity contribution >= 4 is 46.5 Å². The normalized spacial score (nSPS) is 15.2. The Kier molecular flexibility index (Phi) is 6.01. The maximum Gasteiger partial charge on any atom is 0.136 e. The van der Waals surface area contributed by atoms with E-state index in [1.54, 1.807) is 0 Å². The minimum absolute atomic E-state index is 0.430. The Morgan fingerprint density at radius 2 is 1.69 bits per heavy atom. The van der Waals surface area contributed by atoms with Gasteiger partial charge in [-0.3, -0.25) is 4.99 Å². The lowest BCUT2D eigenvalue weighted by Gasteiger charge is -2.19. The van der Waals surface area contributed by atoms with Gasteiger partial charge < -0.3 is 5.11 Å². The number of rotatable bonds is 0. The Bertz CT molecular complexity index is 1480. The number of aromatic hydroxyl groups is 1. The fourth-order valence-corrected chi connectivity index (χ4v) is 5.44. The Morgan fingerprint density at radius 3 is 2.59 bits per heavy atom. The van der Waals surface area contributed by atoms with E-state index in [1.165, 1.54) is 62.7 Å². The lowest BCUT2D eigenvalue weighted by atomic mass is 9.86. The number of hydrogen-bond donors (Lipinski definition) is 1. The summed E-state index contributed by atoms with van der Waals surface area (Å²) in [6.45, 7) is 2.26. The van der Waals surface area contributed by atoms with E-state index in [2.05, 4.69) is 83.0 Å². The molecule has 1 N–H and O–H groups in total. The Balaban J connectivity index is 0.000000165. The van der Waals surface area contributed by atoms with Crippen LogP contribution < -0.4 is 10.4 Å². The molecule has 0 saturated carbocycles. The molecule has 0 bridgehead atoms. The number of benzene rings is 3. The number of phenols is 1. The van der Waals surface area contributed by atoms with E-state index >= 15 is 0 Å². The van der Waals surface area contributed by atoms with E-state index in [1.807, 2.05) is 24.6 Å². The molecule has 0 aromatic heterocycles. The summed E-state index contributed by atoms with van der Waals surface area (Å²) >= 11 is 2.19. The molecule has 3 aromatic carbocycles. The van der Waals surface area contributed by atoms with Crippen molar-refractivity contribution in [3.63, 3.8) is 0 Å². The molecule has 1 heterocycles. The first-order valence-electron chi connectivity index (χ1n) is 11.2. The maximum atomic E-state index is 10.3. The fourth-order valence-electron chi connectivity index (χ4n) is 4.97. The molecule has 6 rings (SSSR count). The summed E-state index contributed by atoms with van der Waals surface area (Å²) in [5, 5.41) is 15.3. The summed E-state index contributed by atoms with van der Waals surface area (Å²) < 4.78 is 0.924. The van der Waals surface area contributed by atoms with Crippen molar-refractivity contribution in [1.82, 2.24) is 0 Å². The molecule has 3 aromatic rings. The van der Waals surface area contributed by atoms with Crippen molar-refractivity contribution in [2.24, 2.45) is 4.99 Å². The molecule has 160 valence electrons. The third kappa shape index (κ3) is 3.95. The van der Waals surface area contributed by atoms with Gasteiger partial charge in [-0.2, -0.15) is 0 Å². The van der Waals surface area contributed by atoms with Gasteiger partial charge in [-0.15, -0.1) is 0 Å². The van der Waals surface area contributed by atoms with Gasteiger partial charge in [0.2, 0.25) is 0 Å². The molecule has 0 fully saturated rings. The molecular formula is C29H26INO. The van der Waals surface area contributed by atoms with Crippen LogP contribution in [0.2, 0.25) is 0 Å². The number of nitrogens with zero attached hydrogens (tertiary/aromatic N) is 1. The van der Waals surface area contributed by atoms with E-state index < -0.39 is 0 Å². The first-order chi connectivity index (χ1) is 15.6. The van der Waals surface area contributed by atoms with Crippen LogP contribution in [0.5, 0.6) is 5.75 Å². The van der Waals surface area contributed by atoms with Gasteiger partial charge in [-0.25, -0.2) is 0 Å². The summed E-state index contributed by atoms with van der Waals surface area (Å²) in [5.41, 5.74) is 7.17. The summed E-state index contributed by atoms with van der Waals surface area (Å²) in [6, 6.07) is 17.1. The van der Waals surface area contributed by atoms with Gasteiger partial charge >= 0.3 is 0 Å². The third-order valence-electron chi connectivity index (χ3n) is 6.65. The van der Waals surface area contributed by atoms with Gasteiger partial charge in [0.05, 0.1) is 3.57 Å². The zero-order chi connectivity index (χ0) is 22.1. The molecule has 32 heavy (non-hydrogen) atoms. The van der Waals surface area contributed by atoms with Crippen LogP contribution in [0.4, 0.5) is 0 Å². The average molecular weight is 531 g/mol. The van der Waals surface area contributed by atoms with Crippen LogP contribution >= 0.6 is 22.6 Å². The zero-order valence-electron chi connectivity index (χ0n) is 18.2. The fraction of sp³-hybridized carbons (Fsp3) is 0.207. The van der Waals surface area contributed by atoms with Gasteiger partial charge in [0.25, 0.3) is 0 Å². The van der Waals surface area contributed by atoms with E-state index in [4.69, 9.17) is 0 Å². The number of phenolic OH excluding ortho intramolecular Hbond substituents is 1. The Labute approximate surface area is 202 Å². The maximum absolute atomic E-state index is 10.3. The predicted molar refractivity (Wildman–Crippen MR) is 142 cm³/mol. The second-order valence-corrected chi connectivity index (χ2v) is 9.73. The predicted octanol–water partition coefficient (Wildman–Crippen LogP) is 5.41. The first-order valence-corrected chi connectivity index (χ1v) is 12.3. The van der Waals surface area contributed by atoms with Gasteiger partial charge in [0.15, 0.2) is 0 Å². The molecule has 0 saturated heterocycles. The highest BCUT2D eigenvalue weighted by molar-refractivity contribution is 14.1. The minimum atomic E-state index is 0.430. The van der Waals surface area contributed by atoms with Crippen LogP contribution in [0, 0.1) is 14.0 Å². The second-order valence-electron chi connectivity index (χ2n) is 8.57. The van der Waals surface area contributed by atoms with Crippen molar-refractivity contribution < 1.29 is 5.11 Å². The Hall–Kier alpha value is -2.66. The van der Waals surface area contributed by atoms with Gasteiger partial charge in [0.1, 0.15) is 5.75 Å². The van der Waals surface area contributed by atoms with Crippen LogP contribution in [0.3, 0.4) is 0 Å². The lowest BCUT2D eigenvalue weighted by molar-refractivity contribution is 0.466. The first kappa shape index (κ1) is 21.2. The quantitative estimate of drug-likeness (QED) is 0.387. The van der Waals surface area contributed by atoms with Crippen LogP contribution in [0.1, 0.15) is 42.0 Å². The highest BCUT2D eigenvalue weighted by Gasteiger charge is 2.15. The Morgan fingerprint density at radius 1 is 0.875 bits per heavy atom. The topological polar surface area (TPSA) is 32.6 Å². The van der Waals surface area contributed by atoms with Crippen molar-refractivity contribution in [3.05, 3.63) is 101 Å². The third-order valence-corrected chi connectivity index (χ3v) is 7.52. The molecule has 0 radical (unpaired) electrons. The molecule has 0 amide bonds. The number of fused-ring (bicyclic) bond motifs is 5. The molecule has 1 aliphatic heterocycles. The summed E-state index contributed by atoms with van der Waals surface area (Å²) in [4.78, 5) is 4.08. The van der Waals surface area contributed by atoms with Crippen molar-refractivity contribution in [2.75, 3.05) is 0 Å². The van der Waals surface area contributed by atoms with E-state index in [9.17, 15) is 5.11 Å². The van der Waals surface area contributed by atoms with Crippen molar-refractivity contribution in [3.8, 4) is 5.75 Å². The van der Waals surface area contributed by atoms with E-state index in [0.29, 0.717) is 5.75 Å². The highest BCUT2D eigenvalue weighted by atomic mass is 127. The van der Waals surface area contributed by atoms with Crippen LogP contribution in [-0.2, 0) is 19.3 Å². The standard InChI is InChI=1S/C19H17IO.C10H9N/c1-11-3-2-4-13-12(11)5-6-15-14(13)7-8-17-16(15)9-10-18(20)19(17)21;1-2-4-10-6-8-11-7-5-9(10)3-1/h5-6,8-10,21H,2-4,7H2,1H3;1-5,7-8H,6H2. The second kappa shape index (κ2) is 9.07. The molecule has 3 heteroatoms. The van der Waals surface area contributed by atoms with Gasteiger partial charge in [0, 0.05) is 24.1 Å². The molecule has 3 aliphatic rings. The zero-order valence-corrected chi connectivity index (χ0v) is 20.4. The highest BCUT2D eigenvalue weighted by Crippen LogP contribution is 2.22. The summed E-state index contributed by atoms with van der Waals surface area (Å²) in [5.74, 6) is 0.430. The summed E-state index contributed by atoms with van der Waals surface area (Å²) in [7, 11) is 0. The van der Waals surface area contributed by atoms with E-state index in [0.717, 1.165) is 21.6 Å². The molecule has 2 aliphatic carbocycles. The number of halogens is 1. The smallest absolute Gasteiger partial charge is 0.136 e. The number of aliphatic imine (C=N–C) groups is 1. The molecular weight excluding hydrogens is 505 g/mol. The van der Waals surface area contributed by atoms with Gasteiger partial charge in [-0.1, -0.05) is 54.1 Å². The number of hydrogen-bond acceptors (Lipinski definition) is 2. The van der Waals surface area contributed by atoms with Gasteiger partial charge in [-0.05, 0) is 105 Å². The molecule has 0 unspecified atom stereocenters. The lowest BCUT2D eigenvalue weighted by Crippen LogP contribution is -2.22. The minimum Gasteiger partial charge on any atom is -0.506 e. The van der Waals surface area contributed by atoms with Crippen LogP contribution in [0.25, 0.3) is 17.7 Å².